The first kappa shape index (κ1) is 81.7. The second kappa shape index (κ2) is 69.8. The minimum Gasteiger partial charge on any atom is -0.0654 e. The van der Waals surface area contributed by atoms with E-state index < -0.39 is 15.8 Å². The van der Waals surface area contributed by atoms with Gasteiger partial charge in [-0.25, -0.2) is 0 Å². The molecule has 0 aromatic heterocycles. The summed E-state index contributed by atoms with van der Waals surface area (Å²) in [4.78, 5) is 0. The molecule has 490 valence electrons. The van der Waals surface area contributed by atoms with Crippen LogP contribution in [0.15, 0.2) is 0 Å². The van der Waals surface area contributed by atoms with Crippen LogP contribution in [0.3, 0.4) is 0 Å². The van der Waals surface area contributed by atoms with E-state index in [0.717, 1.165) is 0 Å². The van der Waals surface area contributed by atoms with Crippen LogP contribution in [0.1, 0.15) is 484 Å². The second-order valence-electron chi connectivity index (χ2n) is 28.8. The molecular formula is C80H165Nb. The zero-order valence-corrected chi connectivity index (χ0v) is 60.7. The van der Waals surface area contributed by atoms with Crippen molar-refractivity contribution < 1.29 is 15.8 Å². The Morgan fingerprint density at radius 3 is 0.259 bits per heavy atom. The van der Waals surface area contributed by atoms with Crippen LogP contribution in [-0.4, -0.2) is 0 Å². The van der Waals surface area contributed by atoms with Gasteiger partial charge in [0.15, 0.2) is 0 Å². The summed E-state index contributed by atoms with van der Waals surface area (Å²) in [5.41, 5.74) is 0. The van der Waals surface area contributed by atoms with Crippen LogP contribution < -0.4 is 0 Å². The third kappa shape index (κ3) is 60.8. The Morgan fingerprint density at radius 2 is 0.173 bits per heavy atom. The minimum atomic E-state index is -3.00. The number of rotatable bonds is 75. The van der Waals surface area contributed by atoms with Gasteiger partial charge in [0, 0.05) is 0 Å². The van der Waals surface area contributed by atoms with Crippen LogP contribution in [0, 0.1) is 0 Å². The van der Waals surface area contributed by atoms with Crippen molar-refractivity contribution in [2.24, 2.45) is 0 Å². The summed E-state index contributed by atoms with van der Waals surface area (Å²) in [5, 5.41) is 0. The molecule has 0 fully saturated rings. The van der Waals surface area contributed by atoms with Gasteiger partial charge in [-0.2, -0.15) is 0 Å². The first-order chi connectivity index (χ1) is 40.1. The van der Waals surface area contributed by atoms with E-state index in [4.69, 9.17) is 0 Å². The summed E-state index contributed by atoms with van der Waals surface area (Å²) in [6.07, 6.45) is 105. The molecule has 0 atom stereocenters. The quantitative estimate of drug-likeness (QED) is 0.0421. The molecule has 0 N–H and O–H groups in total. The Bertz CT molecular complexity index is 890. The molecule has 0 spiro atoms. The van der Waals surface area contributed by atoms with Gasteiger partial charge >= 0.3 is 392 Å². The Balaban J connectivity index is 5.97. The molecule has 0 amide bonds. The van der Waals surface area contributed by atoms with Crippen molar-refractivity contribution in [1.29, 1.82) is 0 Å². The summed E-state index contributed by atoms with van der Waals surface area (Å²) in [6, 6.07) is 0. The molecule has 0 radical (unpaired) electrons. The van der Waals surface area contributed by atoms with Crippen LogP contribution in [-0.2, 0) is 15.8 Å². The van der Waals surface area contributed by atoms with Crippen molar-refractivity contribution in [2.75, 3.05) is 0 Å². The second-order valence-corrected chi connectivity index (χ2v) is 45.3. The van der Waals surface area contributed by atoms with Gasteiger partial charge < -0.3 is 0 Å². The maximum atomic E-state index is 2.35. The number of unbranched alkanes of at least 4 members (excludes halogenated alkanes) is 65. The van der Waals surface area contributed by atoms with Crippen molar-refractivity contribution in [3.05, 3.63) is 0 Å². The van der Waals surface area contributed by atoms with Gasteiger partial charge in [0.05, 0.1) is 0 Å². The van der Waals surface area contributed by atoms with E-state index in [2.05, 4.69) is 34.6 Å². The molecule has 0 aliphatic carbocycles. The van der Waals surface area contributed by atoms with E-state index in [9.17, 15) is 0 Å². The SMILES string of the molecule is CCCCCCCCCCCCCCC[CH2][Nb]([CH2]CCCCCCCCCCCCCCC)([CH2]CCCCCCCCCCCCCCC)([CH2]CCCCCCCCCCCCCCC)[CH2]CCCCCCCCCCCCCCC. The average molecular weight is 1220 g/mol. The molecule has 0 saturated heterocycles. The Labute approximate surface area is 519 Å². The van der Waals surface area contributed by atoms with E-state index in [1.54, 1.807) is 87.4 Å². The summed E-state index contributed by atoms with van der Waals surface area (Å²) < 4.78 is 8.88. The smallest absolute Gasteiger partial charge is 0.0654 e. The molecule has 0 saturated carbocycles. The molecule has 0 heterocycles. The van der Waals surface area contributed by atoms with Crippen molar-refractivity contribution in [2.45, 2.75) is 507 Å². The van der Waals surface area contributed by atoms with Gasteiger partial charge in [-0.15, -0.1) is 0 Å². The van der Waals surface area contributed by atoms with Crippen LogP contribution in [0.5, 0.6) is 0 Å². The van der Waals surface area contributed by atoms with E-state index in [-0.39, 0.29) is 0 Å². The number of hydrogen-bond donors (Lipinski definition) is 0. The first-order valence-corrected chi connectivity index (χ1v) is 47.9. The molecule has 0 aromatic rings. The standard InChI is InChI=1S/5C16H33.Nb/c5*1-3-5-7-9-11-13-15-16-14-12-10-8-6-4-2;/h5*1,3-16H2,2H3;. The van der Waals surface area contributed by atoms with E-state index in [1.165, 1.54) is 385 Å². The molecule has 81 heavy (non-hydrogen) atoms. The molecule has 0 nitrogen and oxygen atoms in total. The molecule has 0 aromatic carbocycles. The van der Waals surface area contributed by atoms with E-state index in [0.29, 0.717) is 0 Å². The third-order valence-corrected chi connectivity index (χ3v) is 40.2. The Kier molecular flexibility index (Phi) is 70.5. The Morgan fingerprint density at radius 1 is 0.0988 bits per heavy atom. The van der Waals surface area contributed by atoms with Gasteiger partial charge in [0.25, 0.3) is 0 Å². The van der Waals surface area contributed by atoms with Gasteiger partial charge in [-0.05, 0) is 0 Å². The van der Waals surface area contributed by atoms with Crippen LogP contribution >= 0.6 is 0 Å². The minimum absolute atomic E-state index is 1.38. The predicted molar refractivity (Wildman–Crippen MR) is 376 cm³/mol. The molecule has 0 bridgehead atoms. The van der Waals surface area contributed by atoms with Crippen molar-refractivity contribution in [3.8, 4) is 0 Å². The molecule has 0 aliphatic rings. The van der Waals surface area contributed by atoms with Crippen molar-refractivity contribution >= 4 is 0 Å². The molecular weight excluding hydrogens is 1050 g/mol. The van der Waals surface area contributed by atoms with Crippen molar-refractivity contribution in [3.63, 3.8) is 0 Å². The normalized spacial score (nSPS) is 12.5. The fourth-order valence-corrected chi connectivity index (χ4v) is 34.1. The van der Waals surface area contributed by atoms with Crippen LogP contribution in [0.2, 0.25) is 23.2 Å². The van der Waals surface area contributed by atoms with E-state index >= 15 is 0 Å². The van der Waals surface area contributed by atoms with Crippen LogP contribution in [0.25, 0.3) is 0 Å². The zero-order chi connectivity index (χ0) is 58.5. The average Bonchev–Trinajstić information content (AvgIpc) is 3.55. The monoisotopic (exact) mass is 1220 g/mol. The van der Waals surface area contributed by atoms with Gasteiger partial charge in [-0.3, -0.25) is 0 Å². The maximum absolute atomic E-state index is 3.00. The Hall–Kier alpha value is 0.740. The summed E-state index contributed by atoms with van der Waals surface area (Å²) in [7, 11) is 0. The molecule has 1 heteroatoms. The zero-order valence-electron chi connectivity index (χ0n) is 58.5. The fourth-order valence-electron chi connectivity index (χ4n) is 14.9. The summed E-state index contributed by atoms with van der Waals surface area (Å²) >= 11 is -3.00. The van der Waals surface area contributed by atoms with Gasteiger partial charge in [0.2, 0.25) is 0 Å². The first-order valence-electron chi connectivity index (χ1n) is 40.1. The molecule has 0 rings (SSSR count). The van der Waals surface area contributed by atoms with Gasteiger partial charge in [-0.1, -0.05) is 131 Å². The molecule has 0 aliphatic heterocycles. The van der Waals surface area contributed by atoms with Crippen LogP contribution in [0.4, 0.5) is 0 Å². The van der Waals surface area contributed by atoms with Crippen molar-refractivity contribution in [1.82, 2.24) is 0 Å². The summed E-state index contributed by atoms with van der Waals surface area (Å²) in [5.74, 6) is 0. The topological polar surface area (TPSA) is 0 Å². The predicted octanol–water partition coefficient (Wildman–Crippen LogP) is 32.2. The van der Waals surface area contributed by atoms with Gasteiger partial charge in [0.1, 0.15) is 0 Å². The summed E-state index contributed by atoms with van der Waals surface area (Å²) in [6.45, 7) is 11.8. The third-order valence-electron chi connectivity index (χ3n) is 20.7. The van der Waals surface area contributed by atoms with E-state index in [1.807, 2.05) is 0 Å². The molecule has 0 unspecified atom stereocenters. The fraction of sp³-hybridized carbons (Fsp3) is 1.00. The number of hydrogen-bond acceptors (Lipinski definition) is 0.